The number of amides is 1. The number of nitrogens with one attached hydrogen (secondary N) is 1. The normalized spacial score (nSPS) is 16.9. The lowest BCUT2D eigenvalue weighted by atomic mass is 10.1. The molecule has 2 rings (SSSR count). The Hall–Kier alpha value is -1.53. The molecule has 1 aromatic rings. The van der Waals surface area contributed by atoms with Crippen molar-refractivity contribution in [2.24, 2.45) is 5.84 Å². The Morgan fingerprint density at radius 1 is 1.27 bits per heavy atom. The summed E-state index contributed by atoms with van der Waals surface area (Å²) in [6.45, 7) is 0.198. The number of carbonyl (C=O) groups excluding carboxylic acids is 1. The van der Waals surface area contributed by atoms with Gasteiger partial charge < -0.3 is 5.32 Å². The summed E-state index contributed by atoms with van der Waals surface area (Å²) in [6, 6.07) is 2.00. The van der Waals surface area contributed by atoms with Crippen molar-refractivity contribution in [3.05, 3.63) is 29.3 Å². The first-order valence-corrected chi connectivity index (χ1v) is 4.33. The fourth-order valence-electron chi connectivity index (χ4n) is 1.48. The summed E-state index contributed by atoms with van der Waals surface area (Å²) >= 11 is 0. The quantitative estimate of drug-likeness (QED) is 0.620. The third-order valence-corrected chi connectivity index (χ3v) is 2.14. The number of hydrogen-bond acceptors (Lipinski definition) is 3. The van der Waals surface area contributed by atoms with Gasteiger partial charge in [-0.05, 0) is 11.6 Å². The van der Waals surface area contributed by atoms with Crippen LogP contribution in [0.5, 0.6) is 0 Å². The Morgan fingerprint density at radius 3 is 2.67 bits per heavy atom. The maximum absolute atomic E-state index is 12.9. The number of halogens is 2. The number of nitrogens with two attached hydrogens (primary N) is 1. The number of carbonyl (C=O) groups is 1. The molecule has 0 saturated heterocycles. The molecule has 1 aliphatic heterocycles. The lowest BCUT2D eigenvalue weighted by Gasteiger charge is -2.11. The van der Waals surface area contributed by atoms with Gasteiger partial charge in [-0.2, -0.15) is 0 Å². The molecule has 6 heteroatoms. The second-order valence-corrected chi connectivity index (χ2v) is 3.38. The molecule has 4 nitrogen and oxygen atoms in total. The van der Waals surface area contributed by atoms with Gasteiger partial charge in [0.05, 0.1) is 6.54 Å². The molecule has 1 aromatic carbocycles. The molecule has 0 spiro atoms. The van der Waals surface area contributed by atoms with Crippen LogP contribution in [0.1, 0.15) is 5.56 Å². The highest BCUT2D eigenvalue weighted by Crippen LogP contribution is 2.22. The summed E-state index contributed by atoms with van der Waals surface area (Å²) in [5, 5.41) is 3.69. The van der Waals surface area contributed by atoms with E-state index in [4.69, 9.17) is 5.84 Å². The number of nitrogens with zero attached hydrogens (tertiary/aromatic N) is 1. The van der Waals surface area contributed by atoms with Gasteiger partial charge in [0.25, 0.3) is 0 Å². The highest BCUT2D eigenvalue weighted by atomic mass is 19.2. The maximum atomic E-state index is 12.9. The molecule has 1 amide bonds. The summed E-state index contributed by atoms with van der Waals surface area (Å²) in [5.41, 5.74) is 0.731. The van der Waals surface area contributed by atoms with Crippen molar-refractivity contribution in [3.63, 3.8) is 0 Å². The van der Waals surface area contributed by atoms with Gasteiger partial charge in [0, 0.05) is 18.3 Å². The van der Waals surface area contributed by atoms with Crippen LogP contribution >= 0.6 is 0 Å². The molecule has 1 heterocycles. The monoisotopic (exact) mass is 213 g/mol. The SMILES string of the molecule is NN1CC(=O)Nc2cc(F)c(F)cc2C1. The van der Waals surface area contributed by atoms with Crippen molar-refractivity contribution < 1.29 is 13.6 Å². The number of hydrogen-bond donors (Lipinski definition) is 2. The second-order valence-electron chi connectivity index (χ2n) is 3.38. The predicted molar refractivity (Wildman–Crippen MR) is 49.6 cm³/mol. The highest BCUT2D eigenvalue weighted by Gasteiger charge is 2.19. The minimum Gasteiger partial charge on any atom is -0.325 e. The molecule has 3 N–H and O–H groups in total. The highest BCUT2D eigenvalue weighted by molar-refractivity contribution is 5.93. The largest absolute Gasteiger partial charge is 0.325 e. The van der Waals surface area contributed by atoms with Crippen molar-refractivity contribution in [1.29, 1.82) is 0 Å². The van der Waals surface area contributed by atoms with E-state index in [1.165, 1.54) is 5.01 Å². The third kappa shape index (κ3) is 1.95. The molecule has 0 fully saturated rings. The molecule has 0 bridgehead atoms. The van der Waals surface area contributed by atoms with Gasteiger partial charge in [-0.15, -0.1) is 0 Å². The van der Waals surface area contributed by atoms with Crippen molar-refractivity contribution in [2.75, 3.05) is 11.9 Å². The number of fused-ring (bicyclic) bond motifs is 1. The molecule has 15 heavy (non-hydrogen) atoms. The molecule has 0 atom stereocenters. The topological polar surface area (TPSA) is 58.4 Å². The Kier molecular flexibility index (Phi) is 2.37. The minimum absolute atomic E-state index is 0.00207. The van der Waals surface area contributed by atoms with Gasteiger partial charge in [-0.3, -0.25) is 10.6 Å². The molecule has 80 valence electrons. The van der Waals surface area contributed by atoms with E-state index in [-0.39, 0.29) is 24.7 Å². The lowest BCUT2D eigenvalue weighted by Crippen LogP contribution is -2.35. The van der Waals surface area contributed by atoms with Gasteiger partial charge >= 0.3 is 0 Å². The molecule has 0 saturated carbocycles. The first-order chi connectivity index (χ1) is 7.06. The van der Waals surface area contributed by atoms with E-state index in [9.17, 15) is 13.6 Å². The lowest BCUT2D eigenvalue weighted by molar-refractivity contribution is -0.117. The van der Waals surface area contributed by atoms with E-state index < -0.39 is 11.6 Å². The van der Waals surface area contributed by atoms with E-state index in [1.54, 1.807) is 0 Å². The van der Waals surface area contributed by atoms with E-state index in [0.29, 0.717) is 5.56 Å². The smallest absolute Gasteiger partial charge is 0.240 e. The Balaban J connectivity index is 2.46. The van der Waals surface area contributed by atoms with Gasteiger partial charge in [0.1, 0.15) is 0 Å². The first kappa shape index (κ1) is 10.0. The summed E-state index contributed by atoms with van der Waals surface area (Å²) in [5.74, 6) is 3.21. The summed E-state index contributed by atoms with van der Waals surface area (Å²) < 4.78 is 25.8. The minimum atomic E-state index is -0.987. The van der Waals surface area contributed by atoms with Crippen molar-refractivity contribution in [2.45, 2.75) is 6.54 Å². The summed E-state index contributed by atoms with van der Waals surface area (Å²) in [7, 11) is 0. The number of anilines is 1. The summed E-state index contributed by atoms with van der Waals surface area (Å²) in [4.78, 5) is 11.2. The van der Waals surface area contributed by atoms with E-state index >= 15 is 0 Å². The number of rotatable bonds is 0. The van der Waals surface area contributed by atoms with Crippen LogP contribution in [0.25, 0.3) is 0 Å². The number of hydrazine groups is 1. The van der Waals surface area contributed by atoms with Gasteiger partial charge in [-0.25, -0.2) is 13.8 Å². The van der Waals surface area contributed by atoms with Crippen LogP contribution in [0.15, 0.2) is 12.1 Å². The van der Waals surface area contributed by atoms with Crippen LogP contribution < -0.4 is 11.2 Å². The summed E-state index contributed by atoms with van der Waals surface area (Å²) in [6.07, 6.45) is 0. The first-order valence-electron chi connectivity index (χ1n) is 4.33. The van der Waals surface area contributed by atoms with Crippen LogP contribution in [-0.2, 0) is 11.3 Å². The van der Waals surface area contributed by atoms with E-state index in [1.807, 2.05) is 0 Å². The standard InChI is InChI=1S/C9H9F2N3O/c10-6-1-5-3-14(12)4-9(15)13-8(5)2-7(6)11/h1-2H,3-4,12H2,(H,13,15). The number of benzene rings is 1. The zero-order chi connectivity index (χ0) is 11.0. The fourth-order valence-corrected chi connectivity index (χ4v) is 1.48. The molecular weight excluding hydrogens is 204 g/mol. The van der Waals surface area contributed by atoms with Crippen LogP contribution in [0, 0.1) is 11.6 Å². The van der Waals surface area contributed by atoms with Crippen LogP contribution in [-0.4, -0.2) is 17.5 Å². The predicted octanol–water partition coefficient (Wildman–Crippen LogP) is 0.593. The second kappa shape index (κ2) is 3.56. The Labute approximate surface area is 84.6 Å². The van der Waals surface area contributed by atoms with E-state index in [0.717, 1.165) is 12.1 Å². The molecular formula is C9H9F2N3O. The molecule has 1 aliphatic rings. The van der Waals surface area contributed by atoms with Crippen molar-refractivity contribution >= 4 is 11.6 Å². The third-order valence-electron chi connectivity index (χ3n) is 2.14. The Morgan fingerprint density at radius 2 is 1.93 bits per heavy atom. The van der Waals surface area contributed by atoms with Gasteiger partial charge in [0.15, 0.2) is 11.6 Å². The zero-order valence-electron chi connectivity index (χ0n) is 7.76. The van der Waals surface area contributed by atoms with Crippen molar-refractivity contribution in [1.82, 2.24) is 5.01 Å². The molecule has 0 unspecified atom stereocenters. The van der Waals surface area contributed by atoms with Gasteiger partial charge in [-0.1, -0.05) is 0 Å². The van der Waals surface area contributed by atoms with Crippen LogP contribution in [0.3, 0.4) is 0 Å². The van der Waals surface area contributed by atoms with E-state index in [2.05, 4.69) is 5.32 Å². The van der Waals surface area contributed by atoms with Crippen LogP contribution in [0.2, 0.25) is 0 Å². The molecule has 0 aliphatic carbocycles. The molecule has 0 radical (unpaired) electrons. The zero-order valence-corrected chi connectivity index (χ0v) is 7.76. The van der Waals surface area contributed by atoms with Crippen LogP contribution in [0.4, 0.5) is 14.5 Å². The Bertz CT molecular complexity index is 422. The average molecular weight is 213 g/mol. The van der Waals surface area contributed by atoms with Crippen molar-refractivity contribution in [3.8, 4) is 0 Å². The fraction of sp³-hybridized carbons (Fsp3) is 0.222. The maximum Gasteiger partial charge on any atom is 0.240 e. The average Bonchev–Trinajstić information content (AvgIpc) is 2.24. The molecule has 0 aromatic heterocycles. The van der Waals surface area contributed by atoms with Gasteiger partial charge in [0.2, 0.25) is 5.91 Å².